The summed E-state index contributed by atoms with van der Waals surface area (Å²) in [5.41, 5.74) is 1.98. The minimum absolute atomic E-state index is 0.595. The number of anilines is 2. The highest BCUT2D eigenvalue weighted by Crippen LogP contribution is 2.34. The predicted molar refractivity (Wildman–Crippen MR) is 114 cm³/mol. The van der Waals surface area contributed by atoms with Gasteiger partial charge in [-0.15, -0.1) is 11.3 Å². The van der Waals surface area contributed by atoms with Crippen molar-refractivity contribution in [1.29, 1.82) is 5.26 Å². The first-order valence-corrected chi connectivity index (χ1v) is 10.5. The Hall–Kier alpha value is -2.72. The van der Waals surface area contributed by atoms with Crippen LogP contribution >= 0.6 is 11.3 Å². The van der Waals surface area contributed by atoms with Crippen molar-refractivity contribution < 1.29 is 0 Å². The summed E-state index contributed by atoms with van der Waals surface area (Å²) in [5, 5.41) is 12.8. The van der Waals surface area contributed by atoms with E-state index in [1.165, 1.54) is 10.9 Å². The number of hydrogen-bond donors (Lipinski definition) is 0. The molecule has 1 aliphatic rings. The Labute approximate surface area is 169 Å². The number of thiophene rings is 1. The predicted octanol–water partition coefficient (Wildman–Crippen LogP) is 3.79. The number of rotatable bonds is 4. The summed E-state index contributed by atoms with van der Waals surface area (Å²) >= 11 is 1.72. The molecule has 1 fully saturated rings. The number of aryl methyl sites for hydroxylation is 1. The molecule has 1 aliphatic heterocycles. The van der Waals surface area contributed by atoms with E-state index in [1.807, 2.05) is 19.1 Å². The van der Waals surface area contributed by atoms with Gasteiger partial charge in [-0.2, -0.15) is 5.26 Å². The topological polar surface area (TPSA) is 68.9 Å². The first-order chi connectivity index (χ1) is 13.6. The van der Waals surface area contributed by atoms with Crippen LogP contribution in [0.3, 0.4) is 0 Å². The van der Waals surface area contributed by atoms with Crippen LogP contribution in [0.5, 0.6) is 0 Å². The van der Waals surface area contributed by atoms with E-state index in [-0.39, 0.29) is 0 Å². The third-order valence-corrected chi connectivity index (χ3v) is 5.94. The van der Waals surface area contributed by atoms with Gasteiger partial charge in [0.1, 0.15) is 28.4 Å². The monoisotopic (exact) mass is 392 g/mol. The van der Waals surface area contributed by atoms with Gasteiger partial charge in [0.2, 0.25) is 0 Å². The molecule has 7 heteroatoms. The van der Waals surface area contributed by atoms with Gasteiger partial charge in [0.05, 0.1) is 10.9 Å². The molecule has 0 N–H and O–H groups in total. The van der Waals surface area contributed by atoms with Crippen molar-refractivity contribution in [1.82, 2.24) is 15.0 Å². The second-order valence-corrected chi connectivity index (χ2v) is 8.45. The molecule has 0 amide bonds. The quantitative estimate of drug-likeness (QED) is 0.673. The van der Waals surface area contributed by atoms with E-state index >= 15 is 0 Å². The summed E-state index contributed by atoms with van der Waals surface area (Å²) < 4.78 is 0. The number of aromatic nitrogens is 3. The van der Waals surface area contributed by atoms with E-state index in [1.54, 1.807) is 17.5 Å². The molecular weight excluding hydrogens is 368 g/mol. The third kappa shape index (κ3) is 3.52. The molecule has 28 heavy (non-hydrogen) atoms. The van der Waals surface area contributed by atoms with Crippen LogP contribution in [0.2, 0.25) is 0 Å². The average molecular weight is 393 g/mol. The number of hydrogen-bond acceptors (Lipinski definition) is 7. The summed E-state index contributed by atoms with van der Waals surface area (Å²) in [4.78, 5) is 19.6. The van der Waals surface area contributed by atoms with Gasteiger partial charge in [0, 0.05) is 32.4 Å². The van der Waals surface area contributed by atoms with Crippen LogP contribution in [0, 0.1) is 24.2 Å². The van der Waals surface area contributed by atoms with Gasteiger partial charge >= 0.3 is 0 Å². The number of piperazine rings is 1. The van der Waals surface area contributed by atoms with Crippen molar-refractivity contribution in [3.8, 4) is 6.07 Å². The first kappa shape index (κ1) is 18.6. The van der Waals surface area contributed by atoms with Crippen LogP contribution in [-0.2, 0) is 6.42 Å². The van der Waals surface area contributed by atoms with Crippen molar-refractivity contribution in [2.45, 2.75) is 27.2 Å². The first-order valence-electron chi connectivity index (χ1n) is 9.66. The molecular formula is C21H24N6S. The molecule has 0 aromatic carbocycles. The van der Waals surface area contributed by atoms with Gasteiger partial charge in [0.25, 0.3) is 0 Å². The van der Waals surface area contributed by atoms with Gasteiger partial charge < -0.3 is 9.80 Å². The molecule has 3 aromatic rings. The van der Waals surface area contributed by atoms with E-state index in [0.717, 1.165) is 54.9 Å². The molecule has 4 heterocycles. The Balaban J connectivity index is 1.62. The second kappa shape index (κ2) is 7.72. The van der Waals surface area contributed by atoms with Crippen molar-refractivity contribution >= 4 is 33.2 Å². The lowest BCUT2D eigenvalue weighted by atomic mass is 10.0. The number of nitrogens with zero attached hydrogens (tertiary/aromatic N) is 6. The molecule has 144 valence electrons. The van der Waals surface area contributed by atoms with Gasteiger partial charge in [-0.25, -0.2) is 15.0 Å². The minimum atomic E-state index is 0.595. The highest BCUT2D eigenvalue weighted by molar-refractivity contribution is 7.17. The highest BCUT2D eigenvalue weighted by atomic mass is 32.1. The van der Waals surface area contributed by atoms with Crippen molar-refractivity contribution in [2.24, 2.45) is 5.92 Å². The van der Waals surface area contributed by atoms with Crippen molar-refractivity contribution in [3.05, 3.63) is 40.7 Å². The lowest BCUT2D eigenvalue weighted by molar-refractivity contribution is 0.639. The molecule has 0 aliphatic carbocycles. The zero-order chi connectivity index (χ0) is 19.7. The normalized spacial score (nSPS) is 14.7. The number of nitriles is 1. The van der Waals surface area contributed by atoms with Crippen LogP contribution in [0.25, 0.3) is 10.2 Å². The Morgan fingerprint density at radius 2 is 1.86 bits per heavy atom. The van der Waals surface area contributed by atoms with E-state index in [9.17, 15) is 5.26 Å². The van der Waals surface area contributed by atoms with Crippen molar-refractivity contribution in [2.75, 3.05) is 36.0 Å². The summed E-state index contributed by atoms with van der Waals surface area (Å²) in [6.45, 7) is 9.80. The summed E-state index contributed by atoms with van der Waals surface area (Å²) in [6, 6.07) is 5.89. The van der Waals surface area contributed by atoms with Crippen LogP contribution in [0.1, 0.15) is 30.8 Å². The third-order valence-electron chi connectivity index (χ3n) is 5.02. The molecule has 3 aromatic heterocycles. The van der Waals surface area contributed by atoms with E-state index in [2.05, 4.69) is 45.1 Å². The van der Waals surface area contributed by atoms with Crippen LogP contribution in [-0.4, -0.2) is 41.1 Å². The highest BCUT2D eigenvalue weighted by Gasteiger charge is 2.24. The number of fused-ring (bicyclic) bond motifs is 1. The fourth-order valence-electron chi connectivity index (χ4n) is 3.77. The second-order valence-electron chi connectivity index (χ2n) is 7.59. The van der Waals surface area contributed by atoms with Crippen molar-refractivity contribution in [3.63, 3.8) is 0 Å². The molecule has 0 radical (unpaired) electrons. The molecule has 4 rings (SSSR count). The molecule has 0 spiro atoms. The van der Waals surface area contributed by atoms with Crippen LogP contribution in [0.15, 0.2) is 23.7 Å². The van der Waals surface area contributed by atoms with Gasteiger partial charge in [-0.1, -0.05) is 13.8 Å². The zero-order valence-electron chi connectivity index (χ0n) is 16.5. The minimum Gasteiger partial charge on any atom is -0.352 e. The largest absolute Gasteiger partial charge is 0.352 e. The smallest absolute Gasteiger partial charge is 0.146 e. The fourth-order valence-corrected chi connectivity index (χ4v) is 4.76. The summed E-state index contributed by atoms with van der Waals surface area (Å²) in [5.74, 6) is 3.25. The summed E-state index contributed by atoms with van der Waals surface area (Å²) in [6.07, 6.45) is 2.79. The molecule has 0 bridgehead atoms. The Bertz CT molecular complexity index is 1030. The van der Waals surface area contributed by atoms with E-state index < -0.39 is 0 Å². The average Bonchev–Trinajstić information content (AvgIpc) is 3.09. The maximum atomic E-state index is 9.36. The SMILES string of the molecule is Cc1nc(N2CCN(c3ncccc3C#N)CC2)c2c(CC(C)C)csc2n1. The van der Waals surface area contributed by atoms with Crippen LogP contribution < -0.4 is 9.80 Å². The lowest BCUT2D eigenvalue weighted by Crippen LogP contribution is -2.47. The molecule has 0 unspecified atom stereocenters. The molecule has 1 saturated heterocycles. The molecule has 0 atom stereocenters. The summed E-state index contributed by atoms with van der Waals surface area (Å²) in [7, 11) is 0. The standard InChI is InChI=1S/C21H24N6S/c1-14(2)11-17-13-28-21-18(17)20(24-15(3)25-21)27-9-7-26(8-10-27)19-16(12-22)5-4-6-23-19/h4-6,13-14H,7-11H2,1-3H3. The van der Waals surface area contributed by atoms with Gasteiger partial charge in [-0.3, -0.25) is 0 Å². The molecule has 6 nitrogen and oxygen atoms in total. The zero-order valence-corrected chi connectivity index (χ0v) is 17.3. The van der Waals surface area contributed by atoms with E-state index in [4.69, 9.17) is 4.98 Å². The Morgan fingerprint density at radius 1 is 1.14 bits per heavy atom. The maximum Gasteiger partial charge on any atom is 0.146 e. The van der Waals surface area contributed by atoms with Gasteiger partial charge in [0.15, 0.2) is 0 Å². The Kier molecular flexibility index (Phi) is 5.14. The maximum absolute atomic E-state index is 9.36. The Morgan fingerprint density at radius 3 is 2.54 bits per heavy atom. The lowest BCUT2D eigenvalue weighted by Gasteiger charge is -2.36. The number of pyridine rings is 1. The molecule has 0 saturated carbocycles. The van der Waals surface area contributed by atoms with Crippen LogP contribution in [0.4, 0.5) is 11.6 Å². The fraction of sp³-hybridized carbons (Fsp3) is 0.429. The van der Waals surface area contributed by atoms with E-state index in [0.29, 0.717) is 11.5 Å². The van der Waals surface area contributed by atoms with Gasteiger partial charge in [-0.05, 0) is 42.3 Å².